The smallest absolute Gasteiger partial charge is 0.227 e. The highest BCUT2D eigenvalue weighted by Crippen LogP contribution is 2.37. The molecule has 1 aliphatic rings. The lowest BCUT2D eigenvalue weighted by molar-refractivity contribution is -0.115. The van der Waals surface area contributed by atoms with Gasteiger partial charge in [-0.1, -0.05) is 11.8 Å². The number of rotatable bonds is 4. The maximum atomic E-state index is 10.6. The Kier molecular flexibility index (Phi) is 2.26. The van der Waals surface area contributed by atoms with Gasteiger partial charge in [0.25, 0.3) is 0 Å². The molecule has 1 saturated carbocycles. The van der Waals surface area contributed by atoms with Crippen LogP contribution in [0.5, 0.6) is 0 Å². The van der Waals surface area contributed by atoms with E-state index < -0.39 is 0 Å². The van der Waals surface area contributed by atoms with Crippen LogP contribution in [-0.2, 0) is 4.79 Å². The summed E-state index contributed by atoms with van der Waals surface area (Å²) in [5, 5.41) is 0.904. The molecule has 0 spiro atoms. The van der Waals surface area contributed by atoms with Gasteiger partial charge < -0.3 is 10.3 Å². The van der Waals surface area contributed by atoms with E-state index in [0.717, 1.165) is 5.16 Å². The summed E-state index contributed by atoms with van der Waals surface area (Å²) < 4.78 is 2.12. The van der Waals surface area contributed by atoms with E-state index in [1.54, 1.807) is 6.20 Å². The summed E-state index contributed by atoms with van der Waals surface area (Å²) in [5.74, 6) is 0.0133. The molecule has 0 radical (unpaired) electrons. The summed E-state index contributed by atoms with van der Waals surface area (Å²) in [5.41, 5.74) is 5.05. The third-order valence-corrected chi connectivity index (χ3v) is 2.92. The monoisotopic (exact) mass is 197 g/mol. The third kappa shape index (κ3) is 2.03. The Morgan fingerprint density at radius 1 is 1.77 bits per heavy atom. The van der Waals surface area contributed by atoms with Gasteiger partial charge in [-0.3, -0.25) is 4.79 Å². The number of carbonyl (C=O) groups is 1. The summed E-state index contributed by atoms with van der Waals surface area (Å²) >= 11 is 1.41. The number of hydrogen-bond donors (Lipinski definition) is 1. The van der Waals surface area contributed by atoms with Crippen LogP contribution in [0.1, 0.15) is 18.9 Å². The van der Waals surface area contributed by atoms with Gasteiger partial charge in [0.2, 0.25) is 5.91 Å². The molecule has 1 heterocycles. The number of imidazole rings is 1. The minimum absolute atomic E-state index is 0.296. The topological polar surface area (TPSA) is 60.9 Å². The molecule has 5 heteroatoms. The van der Waals surface area contributed by atoms with Crippen molar-refractivity contribution in [2.24, 2.45) is 5.73 Å². The number of nitrogens with zero attached hydrogens (tertiary/aromatic N) is 2. The Bertz CT molecular complexity index is 319. The van der Waals surface area contributed by atoms with Gasteiger partial charge in [-0.2, -0.15) is 0 Å². The van der Waals surface area contributed by atoms with Crippen LogP contribution in [0, 0.1) is 0 Å². The first kappa shape index (κ1) is 8.62. The van der Waals surface area contributed by atoms with Gasteiger partial charge in [-0.25, -0.2) is 4.98 Å². The molecule has 13 heavy (non-hydrogen) atoms. The van der Waals surface area contributed by atoms with Gasteiger partial charge in [0, 0.05) is 18.4 Å². The predicted octanol–water partition coefficient (Wildman–Crippen LogP) is 0.795. The number of aromatic nitrogens is 2. The standard InChI is InChI=1S/C8H11N3OS/c9-7(12)5-13-8-10-3-4-11(8)6-1-2-6/h3-4,6H,1-2,5H2,(H2,9,12). The average molecular weight is 197 g/mol. The molecule has 0 aliphatic heterocycles. The number of carbonyl (C=O) groups excluding carboxylic acids is 1. The van der Waals surface area contributed by atoms with Crippen LogP contribution in [0.2, 0.25) is 0 Å². The van der Waals surface area contributed by atoms with Gasteiger partial charge in [-0.05, 0) is 12.8 Å². The first-order valence-electron chi connectivity index (χ1n) is 4.21. The first-order valence-corrected chi connectivity index (χ1v) is 5.20. The zero-order valence-electron chi connectivity index (χ0n) is 7.14. The summed E-state index contributed by atoms with van der Waals surface area (Å²) in [6, 6.07) is 0.609. The second-order valence-corrected chi connectivity index (χ2v) is 4.05. The van der Waals surface area contributed by atoms with Crippen LogP contribution in [0.25, 0.3) is 0 Å². The highest BCUT2D eigenvalue weighted by molar-refractivity contribution is 7.99. The molecule has 2 rings (SSSR count). The predicted molar refractivity (Wildman–Crippen MR) is 50.4 cm³/mol. The van der Waals surface area contributed by atoms with Crippen molar-refractivity contribution >= 4 is 17.7 Å². The summed E-state index contributed by atoms with van der Waals surface area (Å²) in [6.07, 6.45) is 6.17. The van der Waals surface area contributed by atoms with E-state index in [-0.39, 0.29) is 5.91 Å². The highest BCUT2D eigenvalue weighted by Gasteiger charge is 2.25. The zero-order chi connectivity index (χ0) is 9.26. The Morgan fingerprint density at radius 2 is 2.54 bits per heavy atom. The molecule has 0 atom stereocenters. The quantitative estimate of drug-likeness (QED) is 0.726. The highest BCUT2D eigenvalue weighted by atomic mass is 32.2. The van der Waals surface area contributed by atoms with E-state index in [4.69, 9.17) is 5.73 Å². The fourth-order valence-corrected chi connectivity index (χ4v) is 1.94. The van der Waals surface area contributed by atoms with E-state index in [0.29, 0.717) is 11.8 Å². The van der Waals surface area contributed by atoms with Crippen molar-refractivity contribution < 1.29 is 4.79 Å². The van der Waals surface area contributed by atoms with E-state index in [1.807, 2.05) is 6.20 Å². The van der Waals surface area contributed by atoms with Crippen LogP contribution in [-0.4, -0.2) is 21.2 Å². The number of thioether (sulfide) groups is 1. The molecule has 1 amide bonds. The second kappa shape index (κ2) is 3.41. The fourth-order valence-electron chi connectivity index (χ4n) is 1.18. The molecule has 0 aromatic carbocycles. The van der Waals surface area contributed by atoms with Crippen LogP contribution < -0.4 is 5.73 Å². The lowest BCUT2D eigenvalue weighted by atomic mass is 10.7. The number of hydrogen-bond acceptors (Lipinski definition) is 3. The fraction of sp³-hybridized carbons (Fsp3) is 0.500. The molecule has 1 aromatic rings. The van der Waals surface area contributed by atoms with Gasteiger partial charge in [0.1, 0.15) is 0 Å². The molecule has 1 aliphatic carbocycles. The van der Waals surface area contributed by atoms with Gasteiger partial charge in [0.05, 0.1) is 5.75 Å². The molecular formula is C8H11N3OS. The van der Waals surface area contributed by atoms with Gasteiger partial charge >= 0.3 is 0 Å². The van der Waals surface area contributed by atoms with Crippen molar-refractivity contribution in [1.29, 1.82) is 0 Å². The van der Waals surface area contributed by atoms with Crippen molar-refractivity contribution in [3.05, 3.63) is 12.4 Å². The molecule has 0 unspecified atom stereocenters. The molecule has 4 nitrogen and oxygen atoms in total. The minimum atomic E-state index is -0.296. The van der Waals surface area contributed by atoms with Crippen molar-refractivity contribution in [1.82, 2.24) is 9.55 Å². The lowest BCUT2D eigenvalue weighted by Gasteiger charge is -2.03. The lowest BCUT2D eigenvalue weighted by Crippen LogP contribution is -2.13. The SMILES string of the molecule is NC(=O)CSc1nccn1C1CC1. The molecular weight excluding hydrogens is 186 g/mol. The maximum absolute atomic E-state index is 10.6. The molecule has 70 valence electrons. The Hall–Kier alpha value is -0.970. The zero-order valence-corrected chi connectivity index (χ0v) is 7.96. The van der Waals surface area contributed by atoms with Crippen molar-refractivity contribution in [2.75, 3.05) is 5.75 Å². The van der Waals surface area contributed by atoms with Crippen LogP contribution in [0.15, 0.2) is 17.6 Å². The first-order chi connectivity index (χ1) is 6.27. The molecule has 2 N–H and O–H groups in total. The molecule has 1 aromatic heterocycles. The summed E-state index contributed by atoms with van der Waals surface area (Å²) in [7, 11) is 0. The number of primary amides is 1. The Morgan fingerprint density at radius 3 is 3.15 bits per heavy atom. The van der Waals surface area contributed by atoms with Crippen LogP contribution in [0.4, 0.5) is 0 Å². The Labute approximate surface area is 80.5 Å². The van der Waals surface area contributed by atoms with E-state index in [2.05, 4.69) is 9.55 Å². The minimum Gasteiger partial charge on any atom is -0.369 e. The largest absolute Gasteiger partial charge is 0.369 e. The molecule has 0 saturated heterocycles. The second-order valence-electron chi connectivity index (χ2n) is 3.10. The molecule has 1 fully saturated rings. The van der Waals surface area contributed by atoms with Crippen LogP contribution in [0.3, 0.4) is 0 Å². The number of nitrogens with two attached hydrogens (primary N) is 1. The van der Waals surface area contributed by atoms with Crippen molar-refractivity contribution in [3.8, 4) is 0 Å². The normalized spacial score (nSPS) is 16.0. The number of amides is 1. The van der Waals surface area contributed by atoms with E-state index >= 15 is 0 Å². The maximum Gasteiger partial charge on any atom is 0.227 e. The Balaban J connectivity index is 2.02. The van der Waals surface area contributed by atoms with Crippen molar-refractivity contribution in [3.63, 3.8) is 0 Å². The third-order valence-electron chi connectivity index (χ3n) is 1.92. The van der Waals surface area contributed by atoms with Crippen LogP contribution >= 0.6 is 11.8 Å². The van der Waals surface area contributed by atoms with Crippen molar-refractivity contribution in [2.45, 2.75) is 24.0 Å². The summed E-state index contributed by atoms with van der Waals surface area (Å²) in [6.45, 7) is 0. The average Bonchev–Trinajstić information content (AvgIpc) is 2.82. The molecule has 0 bridgehead atoms. The van der Waals surface area contributed by atoms with Gasteiger partial charge in [0.15, 0.2) is 5.16 Å². The summed E-state index contributed by atoms with van der Waals surface area (Å²) in [4.78, 5) is 14.7. The van der Waals surface area contributed by atoms with E-state index in [9.17, 15) is 4.79 Å². The van der Waals surface area contributed by atoms with E-state index in [1.165, 1.54) is 24.6 Å². The van der Waals surface area contributed by atoms with Gasteiger partial charge in [-0.15, -0.1) is 0 Å².